The van der Waals surface area contributed by atoms with Crippen molar-refractivity contribution in [3.8, 4) is 0 Å². The van der Waals surface area contributed by atoms with Crippen LogP contribution < -0.4 is 11.2 Å². The van der Waals surface area contributed by atoms with Gasteiger partial charge in [0.2, 0.25) is 10.0 Å². The summed E-state index contributed by atoms with van der Waals surface area (Å²) in [5, 5.41) is 0. The molecule has 9 nitrogen and oxygen atoms in total. The molecule has 1 atom stereocenters. The summed E-state index contributed by atoms with van der Waals surface area (Å²) in [7, 11) is -7.44. The lowest BCUT2D eigenvalue weighted by Gasteiger charge is -2.25. The first-order valence-corrected chi connectivity index (χ1v) is 9.48. The number of rotatable bonds is 4. The van der Waals surface area contributed by atoms with E-state index in [1.165, 1.54) is 0 Å². The molecule has 21 heavy (non-hydrogen) atoms. The molecule has 2 N–H and O–H groups in total. The number of sulfonamides is 1. The Labute approximate surface area is 121 Å². The molecule has 1 saturated heterocycles. The maximum absolute atomic E-state index is 12.5. The van der Waals surface area contributed by atoms with Gasteiger partial charge < -0.3 is 4.98 Å². The van der Waals surface area contributed by atoms with Crippen LogP contribution in [0.4, 0.5) is 0 Å². The second kappa shape index (κ2) is 5.39. The van der Waals surface area contributed by atoms with Gasteiger partial charge in [-0.15, -0.1) is 0 Å². The molecule has 2 heterocycles. The first kappa shape index (κ1) is 15.9. The fourth-order valence-corrected chi connectivity index (χ4v) is 5.83. The number of aromatic nitrogens is 2. The summed E-state index contributed by atoms with van der Waals surface area (Å²) >= 11 is 0. The van der Waals surface area contributed by atoms with Crippen LogP contribution in [-0.2, 0) is 19.9 Å². The molecular formula is C10H15N3O6S2. The number of H-pyrrole nitrogens is 2. The summed E-state index contributed by atoms with van der Waals surface area (Å²) in [6.07, 6.45) is 1.01. The zero-order valence-corrected chi connectivity index (χ0v) is 12.8. The fourth-order valence-electron chi connectivity index (χ4n) is 2.34. The lowest BCUT2D eigenvalue weighted by molar-refractivity contribution is 0.354. The van der Waals surface area contributed by atoms with Crippen molar-refractivity contribution in [2.45, 2.75) is 24.3 Å². The van der Waals surface area contributed by atoms with Crippen LogP contribution in [-0.4, -0.2) is 55.2 Å². The highest BCUT2D eigenvalue weighted by Gasteiger charge is 2.38. The highest BCUT2D eigenvalue weighted by atomic mass is 32.2. The number of hydrogen-bond acceptors (Lipinski definition) is 6. The fraction of sp³-hybridized carbons (Fsp3) is 0.600. The normalized spacial score (nSPS) is 21.7. The predicted molar refractivity (Wildman–Crippen MR) is 74.3 cm³/mol. The third-order valence-corrected chi connectivity index (χ3v) is 7.08. The number of sulfone groups is 1. The quantitative estimate of drug-likeness (QED) is 0.669. The molecule has 0 spiro atoms. The van der Waals surface area contributed by atoms with E-state index in [-0.39, 0.29) is 24.5 Å². The van der Waals surface area contributed by atoms with Gasteiger partial charge in [-0.2, -0.15) is 4.31 Å². The summed E-state index contributed by atoms with van der Waals surface area (Å²) in [4.78, 5) is 25.9. The van der Waals surface area contributed by atoms with Gasteiger partial charge in [-0.3, -0.25) is 9.78 Å². The Morgan fingerprint density at radius 3 is 2.52 bits per heavy atom. The van der Waals surface area contributed by atoms with Gasteiger partial charge in [-0.25, -0.2) is 21.6 Å². The number of nitrogens with zero attached hydrogens (tertiary/aromatic N) is 1. The highest BCUT2D eigenvalue weighted by molar-refractivity contribution is 7.92. The molecule has 1 fully saturated rings. The average Bonchev–Trinajstić information content (AvgIpc) is 2.69. The minimum atomic E-state index is -4.18. The number of nitrogens with one attached hydrogen (secondary N) is 2. The minimum absolute atomic E-state index is 0.0289. The Kier molecular flexibility index (Phi) is 4.08. The molecule has 0 aliphatic carbocycles. The van der Waals surface area contributed by atoms with E-state index in [1.807, 2.05) is 4.98 Å². The third-order valence-electron chi connectivity index (χ3n) is 3.30. The van der Waals surface area contributed by atoms with Crippen LogP contribution in [0.5, 0.6) is 0 Å². The van der Waals surface area contributed by atoms with Crippen LogP contribution in [0.15, 0.2) is 20.7 Å². The predicted octanol–water partition coefficient (Wildman–Crippen LogP) is -1.74. The zero-order valence-electron chi connectivity index (χ0n) is 11.2. The summed E-state index contributed by atoms with van der Waals surface area (Å²) in [5.41, 5.74) is -1.84. The van der Waals surface area contributed by atoms with E-state index in [2.05, 4.69) is 4.98 Å². The van der Waals surface area contributed by atoms with Crippen molar-refractivity contribution in [3.05, 3.63) is 27.0 Å². The summed E-state index contributed by atoms with van der Waals surface area (Å²) in [6.45, 7) is 1.59. The van der Waals surface area contributed by atoms with Gasteiger partial charge in [0.1, 0.15) is 0 Å². The Bertz CT molecular complexity index is 851. The molecule has 0 aromatic carbocycles. The zero-order chi connectivity index (χ0) is 15.8. The van der Waals surface area contributed by atoms with Gasteiger partial charge in [-0.05, 0) is 6.42 Å². The second-order valence-electron chi connectivity index (χ2n) is 4.70. The first-order chi connectivity index (χ1) is 9.67. The maximum Gasteiger partial charge on any atom is 0.325 e. The Hall–Kier alpha value is -1.46. The first-order valence-electron chi connectivity index (χ1n) is 6.21. The average molecular weight is 337 g/mol. The molecule has 0 saturated carbocycles. The van der Waals surface area contributed by atoms with Gasteiger partial charge in [-0.1, -0.05) is 6.92 Å². The van der Waals surface area contributed by atoms with Crippen LogP contribution in [0.2, 0.25) is 0 Å². The van der Waals surface area contributed by atoms with E-state index >= 15 is 0 Å². The molecule has 1 aliphatic rings. The number of aromatic amines is 2. The van der Waals surface area contributed by atoms with Crippen molar-refractivity contribution in [1.29, 1.82) is 0 Å². The molecular weight excluding hydrogens is 322 g/mol. The highest BCUT2D eigenvalue weighted by Crippen LogP contribution is 2.22. The van der Waals surface area contributed by atoms with Crippen molar-refractivity contribution in [1.82, 2.24) is 14.3 Å². The van der Waals surface area contributed by atoms with E-state index < -0.39 is 42.0 Å². The van der Waals surface area contributed by atoms with Gasteiger partial charge in [0.15, 0.2) is 14.7 Å². The summed E-state index contributed by atoms with van der Waals surface area (Å²) in [5.74, 6) is -0.340. The summed E-state index contributed by atoms with van der Waals surface area (Å²) in [6, 6.07) is -0.698. The largest absolute Gasteiger partial charge is 0.325 e. The van der Waals surface area contributed by atoms with E-state index in [9.17, 15) is 26.4 Å². The monoisotopic (exact) mass is 337 g/mol. The van der Waals surface area contributed by atoms with Crippen LogP contribution in [0, 0.1) is 0 Å². The molecule has 0 bridgehead atoms. The topological polar surface area (TPSA) is 137 Å². The molecule has 118 valence electrons. The molecule has 2 rings (SSSR count). The molecule has 0 radical (unpaired) electrons. The third kappa shape index (κ3) is 3.09. The Balaban J connectivity index is 2.46. The Morgan fingerprint density at radius 2 is 2.05 bits per heavy atom. The SMILES string of the molecule is CCN(C1CCS(=O)(=O)C1)S(=O)(=O)c1c[nH]c(=O)[nH]c1=O. The molecule has 0 amide bonds. The molecule has 1 unspecified atom stereocenters. The smallest absolute Gasteiger partial charge is 0.313 e. The van der Waals surface area contributed by atoms with E-state index in [0.717, 1.165) is 10.5 Å². The van der Waals surface area contributed by atoms with Gasteiger partial charge >= 0.3 is 5.69 Å². The molecule has 1 aromatic heterocycles. The van der Waals surface area contributed by atoms with E-state index in [0.29, 0.717) is 0 Å². The molecule has 11 heteroatoms. The van der Waals surface area contributed by atoms with Gasteiger partial charge in [0.05, 0.1) is 11.5 Å². The maximum atomic E-state index is 12.5. The van der Waals surface area contributed by atoms with E-state index in [1.54, 1.807) is 6.92 Å². The van der Waals surface area contributed by atoms with Gasteiger partial charge in [0, 0.05) is 18.8 Å². The molecule has 1 aliphatic heterocycles. The van der Waals surface area contributed by atoms with Crippen molar-refractivity contribution < 1.29 is 16.8 Å². The van der Waals surface area contributed by atoms with Crippen molar-refractivity contribution in [2.24, 2.45) is 0 Å². The standard InChI is InChI=1S/C10H15N3O6S2/c1-2-13(7-3-4-20(16,17)6-7)21(18,19)8-5-11-10(15)12-9(8)14/h5,7H,2-4,6H2,1H3,(H2,11,12,14,15). The van der Waals surface area contributed by atoms with Crippen LogP contribution >= 0.6 is 0 Å². The Morgan fingerprint density at radius 1 is 1.38 bits per heavy atom. The van der Waals surface area contributed by atoms with Crippen molar-refractivity contribution in [2.75, 3.05) is 18.1 Å². The summed E-state index contributed by atoms with van der Waals surface area (Å²) < 4.78 is 49.0. The minimum Gasteiger partial charge on any atom is -0.313 e. The van der Waals surface area contributed by atoms with Gasteiger partial charge in [0.25, 0.3) is 5.56 Å². The van der Waals surface area contributed by atoms with Crippen LogP contribution in [0.1, 0.15) is 13.3 Å². The van der Waals surface area contributed by atoms with Crippen molar-refractivity contribution in [3.63, 3.8) is 0 Å². The lowest BCUT2D eigenvalue weighted by atomic mass is 10.3. The lowest BCUT2D eigenvalue weighted by Crippen LogP contribution is -2.43. The van der Waals surface area contributed by atoms with Crippen LogP contribution in [0.3, 0.4) is 0 Å². The molecule has 1 aromatic rings. The number of hydrogen-bond donors (Lipinski definition) is 2. The van der Waals surface area contributed by atoms with Crippen molar-refractivity contribution >= 4 is 19.9 Å². The second-order valence-corrected chi connectivity index (χ2v) is 8.79. The van der Waals surface area contributed by atoms with Crippen LogP contribution in [0.25, 0.3) is 0 Å². The van der Waals surface area contributed by atoms with E-state index in [4.69, 9.17) is 0 Å².